The lowest BCUT2D eigenvalue weighted by atomic mass is 9.96. The van der Waals surface area contributed by atoms with Crippen LogP contribution in [0.3, 0.4) is 0 Å². The van der Waals surface area contributed by atoms with Crippen LogP contribution in [0, 0.1) is 5.92 Å². The van der Waals surface area contributed by atoms with Crippen molar-refractivity contribution in [2.45, 2.75) is 64.3 Å². The summed E-state index contributed by atoms with van der Waals surface area (Å²) in [6, 6.07) is 0.540. The van der Waals surface area contributed by atoms with Crippen LogP contribution in [-0.2, 0) is 4.79 Å². The molecular weight excluding hydrogens is 224 g/mol. The smallest absolute Gasteiger partial charge is 0.222 e. The summed E-state index contributed by atoms with van der Waals surface area (Å²) in [6.45, 7) is 5.49. The van der Waals surface area contributed by atoms with Crippen molar-refractivity contribution in [1.82, 2.24) is 10.2 Å². The molecule has 2 unspecified atom stereocenters. The third-order valence-corrected chi connectivity index (χ3v) is 4.50. The minimum Gasteiger partial charge on any atom is -0.340 e. The fraction of sp³-hybridized carbons (Fsp3) is 0.933. The largest absolute Gasteiger partial charge is 0.340 e. The number of nitrogens with one attached hydrogen (secondary N) is 1. The summed E-state index contributed by atoms with van der Waals surface area (Å²) < 4.78 is 0. The van der Waals surface area contributed by atoms with Crippen LogP contribution >= 0.6 is 0 Å². The van der Waals surface area contributed by atoms with Crippen molar-refractivity contribution in [1.29, 1.82) is 0 Å². The molecule has 0 saturated carbocycles. The fourth-order valence-corrected chi connectivity index (χ4v) is 3.39. The second kappa shape index (κ2) is 7.13. The molecule has 0 radical (unpaired) electrons. The summed E-state index contributed by atoms with van der Waals surface area (Å²) in [6.07, 6.45) is 9.24. The lowest BCUT2D eigenvalue weighted by Crippen LogP contribution is -2.43. The zero-order chi connectivity index (χ0) is 12.8. The first-order valence-electron chi connectivity index (χ1n) is 7.81. The maximum atomic E-state index is 12.3. The first-order chi connectivity index (χ1) is 8.81. The highest BCUT2D eigenvalue weighted by atomic mass is 16.2. The topological polar surface area (TPSA) is 32.3 Å². The summed E-state index contributed by atoms with van der Waals surface area (Å²) in [4.78, 5) is 14.5. The molecule has 3 nitrogen and oxygen atoms in total. The Labute approximate surface area is 111 Å². The van der Waals surface area contributed by atoms with E-state index in [-0.39, 0.29) is 0 Å². The highest BCUT2D eigenvalue weighted by Crippen LogP contribution is 2.23. The lowest BCUT2D eigenvalue weighted by molar-refractivity contribution is -0.135. The quantitative estimate of drug-likeness (QED) is 0.815. The number of hydrogen-bond donors (Lipinski definition) is 1. The van der Waals surface area contributed by atoms with Gasteiger partial charge in [-0.3, -0.25) is 4.79 Å². The average Bonchev–Trinajstić information content (AvgIpc) is 2.90. The van der Waals surface area contributed by atoms with E-state index < -0.39 is 0 Å². The van der Waals surface area contributed by atoms with E-state index in [4.69, 9.17) is 0 Å². The van der Waals surface area contributed by atoms with Gasteiger partial charge in [-0.05, 0) is 57.5 Å². The molecular formula is C15H28N2O. The van der Waals surface area contributed by atoms with Gasteiger partial charge in [0.1, 0.15) is 0 Å². The maximum absolute atomic E-state index is 12.3. The van der Waals surface area contributed by atoms with E-state index in [1.807, 2.05) is 0 Å². The van der Waals surface area contributed by atoms with E-state index in [0.29, 0.717) is 11.9 Å². The van der Waals surface area contributed by atoms with Gasteiger partial charge >= 0.3 is 0 Å². The first kappa shape index (κ1) is 13.9. The predicted octanol–water partition coefficient (Wildman–Crippen LogP) is 2.56. The van der Waals surface area contributed by atoms with E-state index in [0.717, 1.165) is 38.4 Å². The maximum Gasteiger partial charge on any atom is 0.222 e. The molecule has 0 aliphatic carbocycles. The number of hydrogen-bond acceptors (Lipinski definition) is 2. The second-order valence-electron chi connectivity index (χ2n) is 5.92. The zero-order valence-corrected chi connectivity index (χ0v) is 11.8. The van der Waals surface area contributed by atoms with E-state index >= 15 is 0 Å². The van der Waals surface area contributed by atoms with E-state index in [1.54, 1.807) is 0 Å². The molecule has 2 aliphatic heterocycles. The Balaban J connectivity index is 1.77. The number of rotatable bonds is 5. The number of piperidine rings is 1. The van der Waals surface area contributed by atoms with Crippen LogP contribution in [0.2, 0.25) is 0 Å². The van der Waals surface area contributed by atoms with Crippen LogP contribution in [0.4, 0.5) is 0 Å². The minimum absolute atomic E-state index is 0.417. The molecule has 3 heteroatoms. The summed E-state index contributed by atoms with van der Waals surface area (Å²) >= 11 is 0. The molecule has 0 aromatic rings. The molecule has 0 aromatic carbocycles. The van der Waals surface area contributed by atoms with Crippen LogP contribution in [0.1, 0.15) is 58.3 Å². The van der Waals surface area contributed by atoms with Crippen molar-refractivity contribution >= 4 is 5.91 Å². The molecule has 2 saturated heterocycles. The Hall–Kier alpha value is -0.570. The Morgan fingerprint density at radius 2 is 2.17 bits per heavy atom. The lowest BCUT2D eigenvalue weighted by Gasteiger charge is -2.36. The van der Waals surface area contributed by atoms with Gasteiger partial charge in [0.05, 0.1) is 0 Å². The highest BCUT2D eigenvalue weighted by Gasteiger charge is 2.26. The molecule has 104 valence electrons. The van der Waals surface area contributed by atoms with E-state index in [9.17, 15) is 4.79 Å². The molecule has 2 rings (SSSR count). The molecule has 2 atom stereocenters. The molecule has 0 aromatic heterocycles. The first-order valence-corrected chi connectivity index (χ1v) is 7.81. The number of likely N-dealkylation sites (tertiary alicyclic amines) is 1. The molecule has 1 amide bonds. The van der Waals surface area contributed by atoms with E-state index in [1.165, 1.54) is 38.5 Å². The summed E-state index contributed by atoms with van der Waals surface area (Å²) in [7, 11) is 0. The van der Waals surface area contributed by atoms with Crippen molar-refractivity contribution in [3.63, 3.8) is 0 Å². The number of nitrogens with zero attached hydrogens (tertiary/aromatic N) is 1. The van der Waals surface area contributed by atoms with Crippen LogP contribution in [-0.4, -0.2) is 36.5 Å². The van der Waals surface area contributed by atoms with Gasteiger partial charge in [-0.2, -0.15) is 0 Å². The highest BCUT2D eigenvalue weighted by molar-refractivity contribution is 5.76. The minimum atomic E-state index is 0.417. The van der Waals surface area contributed by atoms with E-state index in [2.05, 4.69) is 17.1 Å². The van der Waals surface area contributed by atoms with Crippen molar-refractivity contribution < 1.29 is 4.79 Å². The molecule has 0 bridgehead atoms. The van der Waals surface area contributed by atoms with Gasteiger partial charge in [-0.1, -0.05) is 13.3 Å². The van der Waals surface area contributed by atoms with Crippen LogP contribution in [0.5, 0.6) is 0 Å². The summed E-state index contributed by atoms with van der Waals surface area (Å²) in [5.74, 6) is 1.16. The monoisotopic (exact) mass is 252 g/mol. The fourth-order valence-electron chi connectivity index (χ4n) is 3.39. The summed E-state index contributed by atoms with van der Waals surface area (Å²) in [5, 5.41) is 3.38. The number of carbonyl (C=O) groups is 1. The van der Waals surface area contributed by atoms with Crippen molar-refractivity contribution in [2.75, 3.05) is 19.6 Å². The Kier molecular flexibility index (Phi) is 5.48. The van der Waals surface area contributed by atoms with Crippen molar-refractivity contribution in [3.8, 4) is 0 Å². The number of carbonyl (C=O) groups excluding carboxylic acids is 1. The van der Waals surface area contributed by atoms with Gasteiger partial charge in [0.25, 0.3) is 0 Å². The van der Waals surface area contributed by atoms with Gasteiger partial charge in [-0.25, -0.2) is 0 Å². The normalized spacial score (nSPS) is 28.6. The van der Waals surface area contributed by atoms with Crippen molar-refractivity contribution in [3.05, 3.63) is 0 Å². The van der Waals surface area contributed by atoms with Gasteiger partial charge in [0.2, 0.25) is 5.91 Å². The Bertz CT molecular complexity index is 259. The molecule has 18 heavy (non-hydrogen) atoms. The van der Waals surface area contributed by atoms with Gasteiger partial charge < -0.3 is 10.2 Å². The summed E-state index contributed by atoms with van der Waals surface area (Å²) in [5.41, 5.74) is 0. The van der Waals surface area contributed by atoms with Crippen molar-refractivity contribution in [2.24, 2.45) is 5.92 Å². The third-order valence-electron chi connectivity index (χ3n) is 4.50. The van der Waals surface area contributed by atoms with Gasteiger partial charge in [-0.15, -0.1) is 0 Å². The molecule has 1 N–H and O–H groups in total. The Morgan fingerprint density at radius 3 is 2.89 bits per heavy atom. The SMILES string of the molecule is CCCC1CCCCN1C(=O)CCC1CCNC1. The predicted molar refractivity (Wildman–Crippen MR) is 74.5 cm³/mol. The standard InChI is InChI=1S/C15H28N2O/c1-2-5-14-6-3-4-11-17(14)15(18)8-7-13-9-10-16-12-13/h13-14,16H,2-12H2,1H3. The third kappa shape index (κ3) is 3.71. The van der Waals surface area contributed by atoms with Crippen LogP contribution in [0.15, 0.2) is 0 Å². The molecule has 2 heterocycles. The zero-order valence-electron chi connectivity index (χ0n) is 11.8. The molecule has 0 spiro atoms. The Morgan fingerprint density at radius 1 is 1.28 bits per heavy atom. The average molecular weight is 252 g/mol. The van der Waals surface area contributed by atoms with Crippen LogP contribution in [0.25, 0.3) is 0 Å². The van der Waals surface area contributed by atoms with Crippen LogP contribution < -0.4 is 5.32 Å². The molecule has 2 aliphatic rings. The van der Waals surface area contributed by atoms with Gasteiger partial charge in [0, 0.05) is 19.0 Å². The second-order valence-corrected chi connectivity index (χ2v) is 5.92. The van der Waals surface area contributed by atoms with Gasteiger partial charge in [0.15, 0.2) is 0 Å². The molecule has 2 fully saturated rings. The number of amides is 1.